The Kier molecular flexibility index (Phi) is 6.18. The summed E-state index contributed by atoms with van der Waals surface area (Å²) in [5.74, 6) is 1.56. The molecule has 8 heteroatoms. The lowest BCUT2D eigenvalue weighted by Crippen LogP contribution is -2.23. The van der Waals surface area contributed by atoms with Crippen molar-refractivity contribution in [1.82, 2.24) is 10.5 Å². The van der Waals surface area contributed by atoms with E-state index in [9.17, 15) is 4.79 Å². The Hall–Kier alpha value is -2.32. The highest BCUT2D eigenvalue weighted by Gasteiger charge is 2.22. The molecular formula is C19H19BrN2O4S. The van der Waals surface area contributed by atoms with E-state index >= 15 is 0 Å². The number of carbonyl (C=O) groups excluding carboxylic acids is 1. The molecule has 2 aromatic heterocycles. The fourth-order valence-electron chi connectivity index (χ4n) is 2.62. The number of nitrogens with zero attached hydrogens (tertiary/aromatic N) is 1. The second-order valence-corrected chi connectivity index (χ2v) is 8.13. The molecule has 0 aliphatic carbocycles. The van der Waals surface area contributed by atoms with Crippen LogP contribution in [0.15, 0.2) is 38.6 Å². The zero-order chi connectivity index (χ0) is 19.4. The molecule has 0 spiro atoms. The molecule has 0 bridgehead atoms. The number of aromatic nitrogens is 1. The molecule has 0 atom stereocenters. The van der Waals surface area contributed by atoms with Crippen molar-refractivity contribution in [1.29, 1.82) is 0 Å². The van der Waals surface area contributed by atoms with E-state index in [0.29, 0.717) is 41.7 Å². The van der Waals surface area contributed by atoms with E-state index in [2.05, 4.69) is 26.4 Å². The van der Waals surface area contributed by atoms with E-state index < -0.39 is 0 Å². The molecular weight excluding hydrogens is 432 g/mol. The fraction of sp³-hybridized carbons (Fsp3) is 0.263. The van der Waals surface area contributed by atoms with Crippen LogP contribution < -0.4 is 14.8 Å². The van der Waals surface area contributed by atoms with Crippen molar-refractivity contribution in [2.24, 2.45) is 0 Å². The molecule has 3 rings (SSSR count). The molecule has 0 fully saturated rings. The summed E-state index contributed by atoms with van der Waals surface area (Å²) in [6, 6.07) is 9.39. The van der Waals surface area contributed by atoms with Crippen LogP contribution in [0.3, 0.4) is 0 Å². The summed E-state index contributed by atoms with van der Waals surface area (Å²) >= 11 is 4.92. The first-order valence-electron chi connectivity index (χ1n) is 8.33. The predicted molar refractivity (Wildman–Crippen MR) is 108 cm³/mol. The van der Waals surface area contributed by atoms with Crippen LogP contribution >= 0.6 is 27.3 Å². The summed E-state index contributed by atoms with van der Waals surface area (Å²) in [5, 5.41) is 6.98. The third kappa shape index (κ3) is 4.33. The quantitative estimate of drug-likeness (QED) is 0.558. The molecule has 6 nitrogen and oxygen atoms in total. The first-order valence-corrected chi connectivity index (χ1v) is 9.94. The number of aryl methyl sites for hydroxylation is 1. The maximum absolute atomic E-state index is 12.8. The first-order chi connectivity index (χ1) is 13.0. The lowest BCUT2D eigenvalue weighted by Gasteiger charge is -2.11. The molecule has 1 aromatic carbocycles. The maximum Gasteiger partial charge on any atom is 0.257 e. The first kappa shape index (κ1) is 19.4. The molecule has 142 valence electrons. The molecule has 1 N–H and O–H groups in total. The number of hydrogen-bond donors (Lipinski definition) is 1. The Morgan fingerprint density at radius 3 is 2.78 bits per heavy atom. The van der Waals surface area contributed by atoms with Gasteiger partial charge in [-0.25, -0.2) is 0 Å². The number of rotatable bonds is 7. The number of ether oxygens (including phenoxy) is 2. The standard InChI is InChI=1S/C19H19BrN2O4S/c1-4-25-14-9-12(5-6-13(14)24-3)10-21-19(23)17-11(2)26-22-18(17)15-7-8-16(20)27-15/h5-9H,4,10H2,1-3H3,(H,21,23). The summed E-state index contributed by atoms with van der Waals surface area (Å²) < 4.78 is 17.1. The van der Waals surface area contributed by atoms with Gasteiger partial charge in [-0.2, -0.15) is 0 Å². The SMILES string of the molecule is CCOc1cc(CNC(=O)c2c(-c3ccc(Br)s3)noc2C)ccc1OC. The zero-order valence-electron chi connectivity index (χ0n) is 15.2. The van der Waals surface area contributed by atoms with E-state index in [-0.39, 0.29) is 5.91 Å². The molecule has 0 aliphatic rings. The third-order valence-electron chi connectivity index (χ3n) is 3.88. The number of thiophene rings is 1. The highest BCUT2D eigenvalue weighted by molar-refractivity contribution is 9.11. The van der Waals surface area contributed by atoms with E-state index in [4.69, 9.17) is 14.0 Å². The number of benzene rings is 1. The van der Waals surface area contributed by atoms with Crippen molar-refractivity contribution >= 4 is 33.2 Å². The number of amides is 1. The summed E-state index contributed by atoms with van der Waals surface area (Å²) in [7, 11) is 1.60. The van der Waals surface area contributed by atoms with Crippen LogP contribution in [0, 0.1) is 6.92 Å². The van der Waals surface area contributed by atoms with Crippen molar-refractivity contribution in [3.8, 4) is 22.1 Å². The van der Waals surface area contributed by atoms with E-state index in [1.54, 1.807) is 14.0 Å². The minimum atomic E-state index is -0.234. The molecule has 1 amide bonds. The van der Waals surface area contributed by atoms with Crippen molar-refractivity contribution in [2.45, 2.75) is 20.4 Å². The Morgan fingerprint density at radius 2 is 2.11 bits per heavy atom. The van der Waals surface area contributed by atoms with Crippen molar-refractivity contribution in [2.75, 3.05) is 13.7 Å². The molecule has 0 unspecified atom stereocenters. The Morgan fingerprint density at radius 1 is 1.30 bits per heavy atom. The van der Waals surface area contributed by atoms with Gasteiger partial charge in [-0.3, -0.25) is 4.79 Å². The van der Waals surface area contributed by atoms with Gasteiger partial charge >= 0.3 is 0 Å². The average molecular weight is 451 g/mol. The third-order valence-corrected chi connectivity index (χ3v) is 5.51. The monoisotopic (exact) mass is 450 g/mol. The molecule has 0 aliphatic heterocycles. The van der Waals surface area contributed by atoms with Gasteiger partial charge in [0.05, 0.1) is 22.4 Å². The summed E-state index contributed by atoms with van der Waals surface area (Å²) in [6.45, 7) is 4.52. The number of halogens is 1. The van der Waals surface area contributed by atoms with Gasteiger partial charge in [0, 0.05) is 6.54 Å². The van der Waals surface area contributed by atoms with E-state index in [1.807, 2.05) is 37.3 Å². The van der Waals surface area contributed by atoms with Gasteiger partial charge in [-0.05, 0) is 59.6 Å². The average Bonchev–Trinajstić information content (AvgIpc) is 3.25. The summed E-state index contributed by atoms with van der Waals surface area (Å²) in [6.07, 6.45) is 0. The topological polar surface area (TPSA) is 73.6 Å². The maximum atomic E-state index is 12.8. The Labute approximate surface area is 169 Å². The lowest BCUT2D eigenvalue weighted by molar-refractivity contribution is 0.0950. The minimum absolute atomic E-state index is 0.234. The van der Waals surface area contributed by atoms with Gasteiger partial charge < -0.3 is 19.3 Å². The van der Waals surface area contributed by atoms with Gasteiger partial charge in [-0.1, -0.05) is 11.2 Å². The van der Waals surface area contributed by atoms with E-state index in [0.717, 1.165) is 14.2 Å². The van der Waals surface area contributed by atoms with Crippen LogP contribution in [-0.4, -0.2) is 24.8 Å². The fourth-order valence-corrected chi connectivity index (χ4v) is 3.99. The van der Waals surface area contributed by atoms with Crippen LogP contribution in [0.5, 0.6) is 11.5 Å². The number of carbonyl (C=O) groups is 1. The largest absolute Gasteiger partial charge is 0.493 e. The second kappa shape index (κ2) is 8.58. The van der Waals surface area contributed by atoms with Crippen molar-refractivity contribution in [3.63, 3.8) is 0 Å². The van der Waals surface area contributed by atoms with Gasteiger partial charge in [0.15, 0.2) is 11.5 Å². The van der Waals surface area contributed by atoms with Crippen LogP contribution in [0.4, 0.5) is 0 Å². The van der Waals surface area contributed by atoms with Crippen LogP contribution in [0.1, 0.15) is 28.6 Å². The Balaban J connectivity index is 1.77. The lowest BCUT2D eigenvalue weighted by atomic mass is 10.1. The summed E-state index contributed by atoms with van der Waals surface area (Å²) in [5.41, 5.74) is 1.90. The predicted octanol–water partition coefficient (Wildman–Crippen LogP) is 4.81. The molecule has 0 radical (unpaired) electrons. The highest BCUT2D eigenvalue weighted by atomic mass is 79.9. The van der Waals surface area contributed by atoms with Gasteiger partial charge in [-0.15, -0.1) is 11.3 Å². The van der Waals surface area contributed by atoms with Crippen LogP contribution in [0.25, 0.3) is 10.6 Å². The molecule has 0 saturated heterocycles. The number of nitrogens with one attached hydrogen (secondary N) is 1. The van der Waals surface area contributed by atoms with Gasteiger partial charge in [0.1, 0.15) is 17.0 Å². The van der Waals surface area contributed by atoms with E-state index in [1.165, 1.54) is 11.3 Å². The minimum Gasteiger partial charge on any atom is -0.493 e. The number of hydrogen-bond acceptors (Lipinski definition) is 6. The number of methoxy groups -OCH3 is 1. The molecule has 0 saturated carbocycles. The van der Waals surface area contributed by atoms with Crippen molar-refractivity contribution < 1.29 is 18.8 Å². The second-order valence-electron chi connectivity index (χ2n) is 5.67. The smallest absolute Gasteiger partial charge is 0.257 e. The molecule has 27 heavy (non-hydrogen) atoms. The Bertz CT molecular complexity index is 951. The summed E-state index contributed by atoms with van der Waals surface area (Å²) in [4.78, 5) is 13.6. The van der Waals surface area contributed by atoms with Crippen LogP contribution in [0.2, 0.25) is 0 Å². The van der Waals surface area contributed by atoms with Crippen LogP contribution in [-0.2, 0) is 6.54 Å². The molecule has 2 heterocycles. The molecule has 3 aromatic rings. The van der Waals surface area contributed by atoms with Gasteiger partial charge in [0.25, 0.3) is 5.91 Å². The van der Waals surface area contributed by atoms with Crippen molar-refractivity contribution in [3.05, 3.63) is 51.0 Å². The zero-order valence-corrected chi connectivity index (χ0v) is 17.6. The highest BCUT2D eigenvalue weighted by Crippen LogP contribution is 2.34. The van der Waals surface area contributed by atoms with Gasteiger partial charge in [0.2, 0.25) is 0 Å². The normalized spacial score (nSPS) is 10.7.